The number of benzene rings is 9. The van der Waals surface area contributed by atoms with E-state index < -0.39 is 0 Å². The van der Waals surface area contributed by atoms with Crippen LogP contribution in [0, 0.1) is 0 Å². The number of hydrogen-bond donors (Lipinski definition) is 0. The molecule has 0 fully saturated rings. The van der Waals surface area contributed by atoms with E-state index in [2.05, 4.69) is 215 Å². The Bertz CT molecular complexity index is 3160. The van der Waals surface area contributed by atoms with Gasteiger partial charge in [0.15, 0.2) is 0 Å². The van der Waals surface area contributed by atoms with Crippen molar-refractivity contribution in [1.29, 1.82) is 0 Å². The topological polar surface area (TPSA) is 9.86 Å². The highest BCUT2D eigenvalue weighted by Gasteiger charge is 2.21. The molecule has 0 atom stereocenters. The lowest BCUT2D eigenvalue weighted by Crippen LogP contribution is -1.98. The van der Waals surface area contributed by atoms with Gasteiger partial charge in [-0.25, -0.2) is 0 Å². The summed E-state index contributed by atoms with van der Waals surface area (Å²) in [6, 6.07) is 75.1. The van der Waals surface area contributed by atoms with Crippen LogP contribution in [0.2, 0.25) is 0 Å². The Morgan fingerprint density at radius 2 is 0.648 bits per heavy atom. The predicted molar refractivity (Wildman–Crippen MR) is 229 cm³/mol. The normalized spacial score (nSPS) is 11.7. The molecule has 252 valence electrons. The van der Waals surface area contributed by atoms with Crippen molar-refractivity contribution >= 4 is 54.4 Å². The maximum absolute atomic E-state index is 2.47. The fraction of sp³-hybridized carbons (Fsp3) is 0. The summed E-state index contributed by atoms with van der Waals surface area (Å²) in [5, 5.41) is 7.53. The summed E-state index contributed by atoms with van der Waals surface area (Å²) < 4.78 is 4.93. The molecule has 0 radical (unpaired) electrons. The third-order valence-electron chi connectivity index (χ3n) is 11.1. The molecule has 11 rings (SSSR count). The molecule has 0 bridgehead atoms. The zero-order valence-electron chi connectivity index (χ0n) is 29.5. The minimum absolute atomic E-state index is 1.14. The summed E-state index contributed by atoms with van der Waals surface area (Å²) >= 11 is 0. The van der Waals surface area contributed by atoms with Crippen LogP contribution in [0.5, 0.6) is 0 Å². The number of para-hydroxylation sites is 2. The minimum Gasteiger partial charge on any atom is -0.307 e. The molecule has 9 aromatic carbocycles. The molecular formula is C52H34N2. The highest BCUT2D eigenvalue weighted by molar-refractivity contribution is 6.23. The standard InChI is InChI=1S/C52H34N2/c1-2-11-35(12-3-1)37-25-29-41(30-26-37)53-49-19-8-6-16-45(49)47-33-34-48-46-17-7-9-20-50(46)54(52(48)51(47)53)42-31-27-38(28-32-42)36-21-23-40(24-22-36)44-18-10-14-39-13-4-5-15-43(39)44/h1-34H. The van der Waals surface area contributed by atoms with E-state index in [4.69, 9.17) is 0 Å². The minimum atomic E-state index is 1.14. The molecule has 0 aliphatic rings. The summed E-state index contributed by atoms with van der Waals surface area (Å²) in [7, 11) is 0. The first-order valence-corrected chi connectivity index (χ1v) is 18.6. The smallest absolute Gasteiger partial charge is 0.0788 e. The number of nitrogens with zero attached hydrogens (tertiary/aromatic N) is 2. The zero-order chi connectivity index (χ0) is 35.6. The molecule has 11 aromatic rings. The maximum Gasteiger partial charge on any atom is 0.0788 e. The lowest BCUT2D eigenvalue weighted by atomic mass is 9.96. The Labute approximate surface area is 313 Å². The van der Waals surface area contributed by atoms with E-state index in [1.54, 1.807) is 0 Å². The fourth-order valence-electron chi connectivity index (χ4n) is 8.59. The van der Waals surface area contributed by atoms with Gasteiger partial charge >= 0.3 is 0 Å². The summed E-state index contributed by atoms with van der Waals surface area (Å²) in [5.74, 6) is 0. The molecule has 2 heteroatoms. The van der Waals surface area contributed by atoms with Gasteiger partial charge in [-0.15, -0.1) is 0 Å². The third-order valence-corrected chi connectivity index (χ3v) is 11.1. The molecule has 0 spiro atoms. The van der Waals surface area contributed by atoms with Crippen molar-refractivity contribution in [2.24, 2.45) is 0 Å². The van der Waals surface area contributed by atoms with Crippen LogP contribution in [0.3, 0.4) is 0 Å². The lowest BCUT2D eigenvalue weighted by molar-refractivity contribution is 1.15. The highest BCUT2D eigenvalue weighted by Crippen LogP contribution is 2.42. The van der Waals surface area contributed by atoms with Crippen molar-refractivity contribution in [1.82, 2.24) is 9.13 Å². The van der Waals surface area contributed by atoms with E-state index >= 15 is 0 Å². The molecule has 2 heterocycles. The van der Waals surface area contributed by atoms with Crippen molar-refractivity contribution in [3.8, 4) is 44.8 Å². The first-order valence-electron chi connectivity index (χ1n) is 18.6. The Morgan fingerprint density at radius 3 is 1.20 bits per heavy atom. The van der Waals surface area contributed by atoms with Crippen LogP contribution in [0.4, 0.5) is 0 Å². The Kier molecular flexibility index (Phi) is 6.90. The van der Waals surface area contributed by atoms with Crippen LogP contribution in [0.15, 0.2) is 206 Å². The summed E-state index contributed by atoms with van der Waals surface area (Å²) in [4.78, 5) is 0. The number of rotatable bonds is 5. The van der Waals surface area contributed by atoms with E-state index in [9.17, 15) is 0 Å². The van der Waals surface area contributed by atoms with Crippen molar-refractivity contribution in [2.75, 3.05) is 0 Å². The first-order chi connectivity index (χ1) is 26.8. The van der Waals surface area contributed by atoms with E-state index in [0.717, 1.165) is 11.4 Å². The molecule has 2 nitrogen and oxygen atoms in total. The van der Waals surface area contributed by atoms with Gasteiger partial charge in [0.05, 0.1) is 22.1 Å². The maximum atomic E-state index is 2.47. The van der Waals surface area contributed by atoms with E-state index in [0.29, 0.717) is 0 Å². The number of hydrogen-bond acceptors (Lipinski definition) is 0. The number of fused-ring (bicyclic) bond motifs is 8. The summed E-state index contributed by atoms with van der Waals surface area (Å²) in [6.45, 7) is 0. The van der Waals surface area contributed by atoms with Crippen molar-refractivity contribution in [3.05, 3.63) is 206 Å². The average Bonchev–Trinajstić information content (AvgIpc) is 3.77. The van der Waals surface area contributed by atoms with Crippen LogP contribution < -0.4 is 0 Å². The average molecular weight is 687 g/mol. The van der Waals surface area contributed by atoms with Crippen molar-refractivity contribution in [3.63, 3.8) is 0 Å². The van der Waals surface area contributed by atoms with Gasteiger partial charge in [0, 0.05) is 32.9 Å². The van der Waals surface area contributed by atoms with E-state index in [1.807, 2.05) is 0 Å². The van der Waals surface area contributed by atoms with Crippen LogP contribution in [0.25, 0.3) is 99.1 Å². The molecular weight excluding hydrogens is 653 g/mol. The molecule has 0 saturated carbocycles. The lowest BCUT2D eigenvalue weighted by Gasteiger charge is -2.14. The van der Waals surface area contributed by atoms with Gasteiger partial charge in [0.2, 0.25) is 0 Å². The van der Waals surface area contributed by atoms with Crippen LogP contribution in [0.1, 0.15) is 0 Å². The Hall–Kier alpha value is -7.16. The molecule has 54 heavy (non-hydrogen) atoms. The van der Waals surface area contributed by atoms with Gasteiger partial charge in [0.1, 0.15) is 0 Å². The third kappa shape index (κ3) is 4.74. The van der Waals surface area contributed by atoms with Gasteiger partial charge < -0.3 is 9.13 Å². The molecule has 0 unspecified atom stereocenters. The van der Waals surface area contributed by atoms with Gasteiger partial charge in [-0.1, -0.05) is 170 Å². The first kappa shape index (κ1) is 30.5. The fourth-order valence-corrected chi connectivity index (χ4v) is 8.59. The van der Waals surface area contributed by atoms with E-state index in [1.165, 1.54) is 87.8 Å². The van der Waals surface area contributed by atoms with Crippen LogP contribution in [-0.2, 0) is 0 Å². The van der Waals surface area contributed by atoms with E-state index in [-0.39, 0.29) is 0 Å². The monoisotopic (exact) mass is 686 g/mol. The quantitative estimate of drug-likeness (QED) is 0.171. The summed E-state index contributed by atoms with van der Waals surface area (Å²) in [5.41, 5.74) is 14.4. The molecule has 2 aromatic heterocycles. The predicted octanol–water partition coefficient (Wildman–Crippen LogP) is 14.0. The molecule has 0 aliphatic carbocycles. The Morgan fingerprint density at radius 1 is 0.241 bits per heavy atom. The van der Waals surface area contributed by atoms with Gasteiger partial charge in [-0.2, -0.15) is 0 Å². The van der Waals surface area contributed by atoms with Crippen molar-refractivity contribution < 1.29 is 0 Å². The Balaban J connectivity index is 1.07. The second kappa shape index (κ2) is 12.2. The largest absolute Gasteiger partial charge is 0.307 e. The molecule has 0 N–H and O–H groups in total. The number of aromatic nitrogens is 2. The zero-order valence-corrected chi connectivity index (χ0v) is 29.5. The molecule has 0 aliphatic heterocycles. The van der Waals surface area contributed by atoms with Crippen molar-refractivity contribution in [2.45, 2.75) is 0 Å². The highest BCUT2D eigenvalue weighted by atomic mass is 15.0. The molecule has 0 saturated heterocycles. The van der Waals surface area contributed by atoms with Gasteiger partial charge in [-0.05, 0) is 80.6 Å². The van der Waals surface area contributed by atoms with Gasteiger partial charge in [-0.3, -0.25) is 0 Å². The SMILES string of the molecule is c1ccc(-c2ccc(-n3c4ccccc4c4ccc5c6ccccc6n(-c6ccc(-c7ccc(-c8cccc9ccccc89)cc7)cc6)c5c43)cc2)cc1. The second-order valence-electron chi connectivity index (χ2n) is 14.1. The van der Waals surface area contributed by atoms with Crippen LogP contribution >= 0.6 is 0 Å². The van der Waals surface area contributed by atoms with Crippen LogP contribution in [-0.4, -0.2) is 9.13 Å². The molecule has 0 amide bonds. The summed E-state index contributed by atoms with van der Waals surface area (Å²) in [6.07, 6.45) is 0. The van der Waals surface area contributed by atoms with Gasteiger partial charge in [0.25, 0.3) is 0 Å². The second-order valence-corrected chi connectivity index (χ2v) is 14.1.